The van der Waals surface area contributed by atoms with Crippen molar-refractivity contribution in [2.75, 3.05) is 27.2 Å². The number of hydrazine groups is 1. The molecule has 3 heteroatoms. The third-order valence-corrected chi connectivity index (χ3v) is 2.30. The van der Waals surface area contributed by atoms with E-state index in [2.05, 4.69) is 17.1 Å². The molecule has 0 aliphatic carbocycles. The molecule has 0 saturated carbocycles. The van der Waals surface area contributed by atoms with Crippen LogP contribution in [-0.2, 0) is 0 Å². The minimum absolute atomic E-state index is 0.279. The van der Waals surface area contributed by atoms with Crippen LogP contribution < -0.4 is 0 Å². The quantitative estimate of drug-likeness (QED) is 0.557. The molecule has 1 aliphatic heterocycles. The van der Waals surface area contributed by atoms with Crippen LogP contribution in [0.3, 0.4) is 0 Å². The zero-order chi connectivity index (χ0) is 7.56. The maximum absolute atomic E-state index is 8.91. The van der Waals surface area contributed by atoms with Gasteiger partial charge in [0.2, 0.25) is 0 Å². The lowest BCUT2D eigenvalue weighted by atomic mass is 10.1. The highest BCUT2D eigenvalue weighted by Gasteiger charge is 2.21. The van der Waals surface area contributed by atoms with Gasteiger partial charge in [-0.2, -0.15) is 0 Å². The summed E-state index contributed by atoms with van der Waals surface area (Å²) in [4.78, 5) is 0. The minimum Gasteiger partial charge on any atom is -0.395 e. The zero-order valence-corrected chi connectivity index (χ0v) is 6.75. The summed E-state index contributed by atoms with van der Waals surface area (Å²) in [5, 5.41) is 13.2. The maximum Gasteiger partial charge on any atom is 0.0600 e. The van der Waals surface area contributed by atoms with Gasteiger partial charge in [-0.3, -0.25) is 0 Å². The minimum atomic E-state index is 0.279. The molecule has 3 nitrogen and oxygen atoms in total. The Morgan fingerprint density at radius 2 is 2.20 bits per heavy atom. The van der Waals surface area contributed by atoms with E-state index in [0.29, 0.717) is 6.04 Å². The van der Waals surface area contributed by atoms with Gasteiger partial charge in [-0.25, -0.2) is 10.0 Å². The Balaban J connectivity index is 2.42. The summed E-state index contributed by atoms with van der Waals surface area (Å²) in [5.74, 6) is 0. The second-order valence-electron chi connectivity index (χ2n) is 2.93. The summed E-state index contributed by atoms with van der Waals surface area (Å²) in [5.41, 5.74) is 0. The lowest BCUT2D eigenvalue weighted by molar-refractivity contribution is -0.0635. The molecule has 0 bridgehead atoms. The van der Waals surface area contributed by atoms with Gasteiger partial charge >= 0.3 is 0 Å². The van der Waals surface area contributed by atoms with Crippen LogP contribution in [0.4, 0.5) is 0 Å². The van der Waals surface area contributed by atoms with Gasteiger partial charge in [-0.05, 0) is 12.8 Å². The SMILES string of the molecule is CN1CCCC(CO)N1C. The topological polar surface area (TPSA) is 26.7 Å². The van der Waals surface area contributed by atoms with Crippen LogP contribution in [0.15, 0.2) is 0 Å². The highest BCUT2D eigenvalue weighted by Crippen LogP contribution is 2.13. The molecule has 1 unspecified atom stereocenters. The zero-order valence-electron chi connectivity index (χ0n) is 6.75. The van der Waals surface area contributed by atoms with Gasteiger partial charge in [0.05, 0.1) is 6.61 Å². The van der Waals surface area contributed by atoms with Crippen molar-refractivity contribution in [2.45, 2.75) is 18.9 Å². The predicted molar refractivity (Wildman–Crippen MR) is 40.5 cm³/mol. The number of likely N-dealkylation sites (N-methyl/N-ethyl adjacent to an activating group) is 1. The first-order valence-electron chi connectivity index (χ1n) is 3.80. The molecule has 1 aliphatic rings. The number of hydrogen-bond acceptors (Lipinski definition) is 3. The first-order chi connectivity index (χ1) is 4.75. The molecule has 1 heterocycles. The highest BCUT2D eigenvalue weighted by molar-refractivity contribution is 4.70. The van der Waals surface area contributed by atoms with Crippen molar-refractivity contribution >= 4 is 0 Å². The highest BCUT2D eigenvalue weighted by atomic mass is 16.3. The predicted octanol–water partition coefficient (Wildman–Crippen LogP) is -0.0803. The molecule has 0 aromatic heterocycles. The monoisotopic (exact) mass is 144 g/mol. The molecule has 0 aromatic carbocycles. The van der Waals surface area contributed by atoms with Crippen LogP contribution in [-0.4, -0.2) is 48.4 Å². The summed E-state index contributed by atoms with van der Waals surface area (Å²) >= 11 is 0. The van der Waals surface area contributed by atoms with E-state index in [4.69, 9.17) is 5.11 Å². The molecule has 0 amide bonds. The fourth-order valence-corrected chi connectivity index (χ4v) is 1.39. The third-order valence-electron chi connectivity index (χ3n) is 2.30. The Labute approximate surface area is 62.2 Å². The van der Waals surface area contributed by atoms with Gasteiger partial charge in [-0.15, -0.1) is 0 Å². The molecule has 60 valence electrons. The van der Waals surface area contributed by atoms with E-state index in [-0.39, 0.29) is 6.61 Å². The molecular formula is C7H16N2O. The van der Waals surface area contributed by atoms with Crippen molar-refractivity contribution in [3.63, 3.8) is 0 Å². The van der Waals surface area contributed by atoms with E-state index < -0.39 is 0 Å². The first-order valence-corrected chi connectivity index (χ1v) is 3.80. The Hall–Kier alpha value is -0.120. The van der Waals surface area contributed by atoms with E-state index in [1.165, 1.54) is 6.42 Å². The lowest BCUT2D eigenvalue weighted by Gasteiger charge is -2.38. The van der Waals surface area contributed by atoms with Crippen LogP contribution in [0.5, 0.6) is 0 Å². The van der Waals surface area contributed by atoms with E-state index in [0.717, 1.165) is 13.0 Å². The van der Waals surface area contributed by atoms with Crippen molar-refractivity contribution in [3.8, 4) is 0 Å². The van der Waals surface area contributed by atoms with Gasteiger partial charge in [0.15, 0.2) is 0 Å². The summed E-state index contributed by atoms with van der Waals surface area (Å²) in [7, 11) is 4.09. The van der Waals surface area contributed by atoms with Crippen LogP contribution in [0.1, 0.15) is 12.8 Å². The van der Waals surface area contributed by atoms with Crippen molar-refractivity contribution in [1.29, 1.82) is 0 Å². The Morgan fingerprint density at radius 1 is 1.50 bits per heavy atom. The molecule has 10 heavy (non-hydrogen) atoms. The standard InChI is InChI=1S/C7H16N2O/c1-8-5-3-4-7(6-10)9(8)2/h7,10H,3-6H2,1-2H3. The molecule has 0 radical (unpaired) electrons. The molecule has 1 fully saturated rings. The van der Waals surface area contributed by atoms with Crippen molar-refractivity contribution < 1.29 is 5.11 Å². The molecule has 1 N–H and O–H groups in total. The number of nitrogens with zero attached hydrogens (tertiary/aromatic N) is 2. The van der Waals surface area contributed by atoms with Gasteiger partial charge in [0.1, 0.15) is 0 Å². The Bertz CT molecular complexity index is 108. The Morgan fingerprint density at radius 3 is 2.70 bits per heavy atom. The van der Waals surface area contributed by atoms with Crippen molar-refractivity contribution in [1.82, 2.24) is 10.0 Å². The number of rotatable bonds is 1. The first kappa shape index (κ1) is 7.98. The number of aliphatic hydroxyl groups excluding tert-OH is 1. The Kier molecular flexibility index (Phi) is 2.65. The van der Waals surface area contributed by atoms with E-state index in [9.17, 15) is 0 Å². The molecule has 0 spiro atoms. The largest absolute Gasteiger partial charge is 0.395 e. The summed E-state index contributed by atoms with van der Waals surface area (Å²) in [6, 6.07) is 0.346. The van der Waals surface area contributed by atoms with E-state index in [1.807, 2.05) is 7.05 Å². The van der Waals surface area contributed by atoms with Crippen LogP contribution >= 0.6 is 0 Å². The number of hydrogen-bond donors (Lipinski definition) is 1. The molecule has 1 saturated heterocycles. The fraction of sp³-hybridized carbons (Fsp3) is 1.00. The van der Waals surface area contributed by atoms with Crippen LogP contribution in [0, 0.1) is 0 Å². The average Bonchev–Trinajstić information content (AvgIpc) is 1.95. The summed E-state index contributed by atoms with van der Waals surface area (Å²) < 4.78 is 0. The fourth-order valence-electron chi connectivity index (χ4n) is 1.39. The average molecular weight is 144 g/mol. The van der Waals surface area contributed by atoms with Gasteiger partial charge in [0.25, 0.3) is 0 Å². The van der Waals surface area contributed by atoms with Crippen molar-refractivity contribution in [2.24, 2.45) is 0 Å². The smallest absolute Gasteiger partial charge is 0.0600 e. The van der Waals surface area contributed by atoms with Gasteiger partial charge in [0, 0.05) is 26.7 Å². The second kappa shape index (κ2) is 3.32. The molecule has 1 rings (SSSR count). The summed E-state index contributed by atoms with van der Waals surface area (Å²) in [6.07, 6.45) is 2.32. The summed E-state index contributed by atoms with van der Waals surface area (Å²) in [6.45, 7) is 1.40. The van der Waals surface area contributed by atoms with Gasteiger partial charge < -0.3 is 5.11 Å². The van der Waals surface area contributed by atoms with Crippen molar-refractivity contribution in [3.05, 3.63) is 0 Å². The number of aliphatic hydroxyl groups is 1. The van der Waals surface area contributed by atoms with Crippen LogP contribution in [0.25, 0.3) is 0 Å². The maximum atomic E-state index is 8.91. The molecular weight excluding hydrogens is 128 g/mol. The lowest BCUT2D eigenvalue weighted by Crippen LogP contribution is -2.49. The molecule has 1 atom stereocenters. The van der Waals surface area contributed by atoms with Gasteiger partial charge in [-0.1, -0.05) is 0 Å². The van der Waals surface area contributed by atoms with Crippen LogP contribution in [0.2, 0.25) is 0 Å². The third kappa shape index (κ3) is 1.48. The van der Waals surface area contributed by atoms with E-state index >= 15 is 0 Å². The normalized spacial score (nSPS) is 30.9. The van der Waals surface area contributed by atoms with E-state index in [1.54, 1.807) is 0 Å². The second-order valence-corrected chi connectivity index (χ2v) is 2.93. The molecule has 0 aromatic rings.